The number of aromatic carboxylic acids is 1. The highest BCUT2D eigenvalue weighted by molar-refractivity contribution is 8.00. The van der Waals surface area contributed by atoms with Crippen LogP contribution in [0.2, 0.25) is 0 Å². The van der Waals surface area contributed by atoms with Gasteiger partial charge in [0.05, 0.1) is 34.4 Å². The van der Waals surface area contributed by atoms with Crippen molar-refractivity contribution in [2.24, 2.45) is 0 Å². The van der Waals surface area contributed by atoms with Crippen molar-refractivity contribution in [2.45, 2.75) is 11.8 Å². The molecule has 0 saturated heterocycles. The molecule has 0 bridgehead atoms. The van der Waals surface area contributed by atoms with Crippen molar-refractivity contribution in [3.63, 3.8) is 0 Å². The number of carbonyl (C=O) groups is 5. The highest BCUT2D eigenvalue weighted by atomic mass is 32.2. The number of amides is 3. The Morgan fingerprint density at radius 1 is 0.810 bits per heavy atom. The number of esters is 1. The Hall–Kier alpha value is -4.94. The highest BCUT2D eigenvalue weighted by Gasteiger charge is 2.26. The molecule has 3 aromatic carbocycles. The zero-order valence-electron chi connectivity index (χ0n) is 22.4. The Balaban J connectivity index is 1.43. The molecule has 0 aliphatic rings. The Bertz CT molecular complexity index is 1670. The van der Waals surface area contributed by atoms with Crippen molar-refractivity contribution in [3.8, 4) is 0 Å². The van der Waals surface area contributed by atoms with Gasteiger partial charge in [-0.2, -0.15) is 0 Å². The summed E-state index contributed by atoms with van der Waals surface area (Å²) in [6.07, 6.45) is 0. The summed E-state index contributed by atoms with van der Waals surface area (Å²) in [4.78, 5) is 63.4. The molecule has 0 aliphatic heterocycles. The molecule has 4 rings (SSSR count). The van der Waals surface area contributed by atoms with Crippen LogP contribution in [0.1, 0.15) is 46.3 Å². The number of hydrogen-bond acceptors (Lipinski definition) is 8. The van der Waals surface area contributed by atoms with Crippen LogP contribution in [0.4, 0.5) is 16.4 Å². The predicted molar refractivity (Wildman–Crippen MR) is 162 cm³/mol. The first-order valence-corrected chi connectivity index (χ1v) is 14.2. The molecule has 1 heterocycles. The van der Waals surface area contributed by atoms with Gasteiger partial charge in [0.1, 0.15) is 5.00 Å². The Labute approximate surface area is 249 Å². The van der Waals surface area contributed by atoms with Crippen LogP contribution in [0, 0.1) is 6.92 Å². The summed E-state index contributed by atoms with van der Waals surface area (Å²) < 4.78 is 4.89. The second-order valence-electron chi connectivity index (χ2n) is 8.74. The maximum atomic E-state index is 12.9. The number of carbonyl (C=O) groups excluding carboxylic acids is 4. The first-order chi connectivity index (χ1) is 20.2. The van der Waals surface area contributed by atoms with E-state index in [0.29, 0.717) is 21.8 Å². The van der Waals surface area contributed by atoms with E-state index in [1.807, 2.05) is 6.07 Å². The summed E-state index contributed by atoms with van der Waals surface area (Å²) in [6.45, 7) is 1.61. The monoisotopic (exact) mass is 603 g/mol. The summed E-state index contributed by atoms with van der Waals surface area (Å²) in [6, 6.07) is 21.5. The second-order valence-corrected chi connectivity index (χ2v) is 10.8. The first-order valence-electron chi connectivity index (χ1n) is 12.4. The van der Waals surface area contributed by atoms with Crippen LogP contribution in [-0.4, -0.2) is 47.6 Å². The molecule has 10 nitrogen and oxygen atoms in total. The number of ether oxygens (including phenoxy) is 1. The lowest BCUT2D eigenvalue weighted by Gasteiger charge is -2.09. The largest absolute Gasteiger partial charge is 0.478 e. The number of thiophene rings is 1. The fraction of sp³-hybridized carbons (Fsp3) is 0.100. The van der Waals surface area contributed by atoms with E-state index in [-0.39, 0.29) is 32.3 Å². The van der Waals surface area contributed by atoms with Crippen LogP contribution in [0.3, 0.4) is 0 Å². The lowest BCUT2D eigenvalue weighted by atomic mass is 10.1. The minimum absolute atomic E-state index is 0.0203. The maximum absolute atomic E-state index is 12.9. The van der Waals surface area contributed by atoms with E-state index in [1.54, 1.807) is 61.5 Å². The molecule has 42 heavy (non-hydrogen) atoms. The summed E-state index contributed by atoms with van der Waals surface area (Å²) in [7, 11) is 1.22. The molecular formula is C30H25N3O7S2. The number of carboxylic acids is 1. The van der Waals surface area contributed by atoms with Gasteiger partial charge in [-0.3, -0.25) is 14.4 Å². The van der Waals surface area contributed by atoms with Crippen LogP contribution >= 0.6 is 23.1 Å². The lowest BCUT2D eigenvalue weighted by Crippen LogP contribution is -2.16. The SMILES string of the molecule is COC(=O)c1c(NC(=O)CSc2cccc(NC(=O)c3ccccc3C(=O)O)c2)sc(C(=O)Nc2ccccc2)c1C. The third kappa shape index (κ3) is 7.22. The van der Waals surface area contributed by atoms with E-state index in [1.165, 1.54) is 37.1 Å². The molecule has 0 radical (unpaired) electrons. The van der Waals surface area contributed by atoms with Gasteiger partial charge in [0.2, 0.25) is 5.91 Å². The number of carboxylic acid groups (broad SMARTS) is 1. The molecule has 0 saturated carbocycles. The molecule has 4 N–H and O–H groups in total. The molecule has 0 unspecified atom stereocenters. The summed E-state index contributed by atoms with van der Waals surface area (Å²) in [5, 5.41) is 17.7. The molecule has 3 amide bonds. The molecule has 0 aliphatic carbocycles. The average Bonchev–Trinajstić information content (AvgIpc) is 3.31. The quantitative estimate of drug-likeness (QED) is 0.132. The Kier molecular flexibility index (Phi) is 9.73. The highest BCUT2D eigenvalue weighted by Crippen LogP contribution is 2.34. The standard InChI is InChI=1S/C30H25N3O7S2/c1-17-24(30(39)40-2)28(42-25(17)27(36)31-18-9-4-3-5-10-18)33-23(34)16-41-20-12-8-11-19(15-20)32-26(35)21-13-6-7-14-22(21)29(37)38/h3-15H,16H2,1-2H3,(H,31,36)(H,32,35)(H,33,34)(H,37,38). The first kappa shape index (κ1) is 30.0. The fourth-order valence-corrected chi connectivity index (χ4v) is 5.78. The van der Waals surface area contributed by atoms with Gasteiger partial charge in [0, 0.05) is 16.3 Å². The van der Waals surface area contributed by atoms with Crippen LogP contribution < -0.4 is 16.0 Å². The lowest BCUT2D eigenvalue weighted by molar-refractivity contribution is -0.113. The van der Waals surface area contributed by atoms with Gasteiger partial charge in [-0.15, -0.1) is 23.1 Å². The number of rotatable bonds is 10. The van der Waals surface area contributed by atoms with Crippen molar-refractivity contribution in [1.82, 2.24) is 0 Å². The van der Waals surface area contributed by atoms with Crippen LogP contribution in [0.5, 0.6) is 0 Å². The van der Waals surface area contributed by atoms with E-state index in [0.717, 1.165) is 11.3 Å². The van der Waals surface area contributed by atoms with Crippen molar-refractivity contribution < 1.29 is 33.8 Å². The van der Waals surface area contributed by atoms with Gasteiger partial charge >= 0.3 is 11.9 Å². The fourth-order valence-electron chi connectivity index (χ4n) is 3.92. The predicted octanol–water partition coefficient (Wildman–Crippen LogP) is 5.78. The molecule has 12 heteroatoms. The van der Waals surface area contributed by atoms with Gasteiger partial charge in [0.25, 0.3) is 11.8 Å². The summed E-state index contributed by atoms with van der Waals surface area (Å²) >= 11 is 2.16. The van der Waals surface area contributed by atoms with E-state index in [9.17, 15) is 29.1 Å². The van der Waals surface area contributed by atoms with Gasteiger partial charge in [-0.25, -0.2) is 9.59 Å². The molecular weight excluding hydrogens is 578 g/mol. The van der Waals surface area contributed by atoms with Gasteiger partial charge in [-0.1, -0.05) is 36.4 Å². The number of hydrogen-bond donors (Lipinski definition) is 4. The normalized spacial score (nSPS) is 10.4. The smallest absolute Gasteiger partial charge is 0.341 e. The zero-order chi connectivity index (χ0) is 30.2. The Morgan fingerprint density at radius 3 is 2.14 bits per heavy atom. The van der Waals surface area contributed by atoms with E-state index in [4.69, 9.17) is 4.74 Å². The summed E-state index contributed by atoms with van der Waals surface area (Å²) in [5.41, 5.74) is 1.39. The third-order valence-corrected chi connectivity index (χ3v) is 8.09. The van der Waals surface area contributed by atoms with E-state index in [2.05, 4.69) is 16.0 Å². The average molecular weight is 604 g/mol. The van der Waals surface area contributed by atoms with Crippen molar-refractivity contribution >= 4 is 69.1 Å². The number of anilines is 3. The minimum atomic E-state index is -1.21. The molecule has 0 fully saturated rings. The zero-order valence-corrected chi connectivity index (χ0v) is 24.1. The van der Waals surface area contributed by atoms with Gasteiger partial charge in [0.15, 0.2) is 0 Å². The molecule has 0 spiro atoms. The molecule has 1 aromatic heterocycles. The number of para-hydroxylation sites is 1. The van der Waals surface area contributed by atoms with Crippen molar-refractivity contribution in [3.05, 3.63) is 106 Å². The molecule has 214 valence electrons. The topological polar surface area (TPSA) is 151 Å². The molecule has 4 aromatic rings. The Morgan fingerprint density at radius 2 is 1.45 bits per heavy atom. The maximum Gasteiger partial charge on any atom is 0.341 e. The number of thioether (sulfide) groups is 1. The van der Waals surface area contributed by atoms with Crippen LogP contribution in [0.15, 0.2) is 83.8 Å². The summed E-state index contributed by atoms with van der Waals surface area (Å²) in [5.74, 6) is -3.36. The number of benzene rings is 3. The van der Waals surface area contributed by atoms with Crippen molar-refractivity contribution in [2.75, 3.05) is 28.8 Å². The van der Waals surface area contributed by atoms with Crippen LogP contribution in [0.25, 0.3) is 0 Å². The van der Waals surface area contributed by atoms with Crippen molar-refractivity contribution in [1.29, 1.82) is 0 Å². The van der Waals surface area contributed by atoms with E-state index < -0.39 is 29.7 Å². The van der Waals surface area contributed by atoms with Gasteiger partial charge < -0.3 is 25.8 Å². The van der Waals surface area contributed by atoms with E-state index >= 15 is 0 Å². The minimum Gasteiger partial charge on any atom is -0.478 e. The van der Waals surface area contributed by atoms with Crippen LogP contribution in [-0.2, 0) is 9.53 Å². The number of methoxy groups -OCH3 is 1. The third-order valence-electron chi connectivity index (χ3n) is 5.89. The molecule has 0 atom stereocenters. The second kappa shape index (κ2) is 13.6. The number of nitrogens with one attached hydrogen (secondary N) is 3. The van der Waals surface area contributed by atoms with Gasteiger partial charge in [-0.05, 0) is 55.0 Å².